The monoisotopic (exact) mass is 269 g/mol. The molecule has 1 rings (SSSR count). The molecule has 3 nitrogen and oxygen atoms in total. The maximum Gasteiger partial charge on any atom is 0.305 e. The Morgan fingerprint density at radius 2 is 1.74 bits per heavy atom. The summed E-state index contributed by atoms with van der Waals surface area (Å²) < 4.78 is 4.91. The Balaban J connectivity index is 1.79. The first kappa shape index (κ1) is 16.5. The van der Waals surface area contributed by atoms with Crippen LogP contribution in [0.4, 0.5) is 0 Å². The first-order valence-corrected chi connectivity index (χ1v) is 8.22. The third kappa shape index (κ3) is 9.04. The maximum atomic E-state index is 11.1. The van der Waals surface area contributed by atoms with E-state index in [0.717, 1.165) is 18.9 Å². The average Bonchev–Trinajstić information content (AvgIpc) is 2.43. The van der Waals surface area contributed by atoms with Crippen molar-refractivity contribution in [2.45, 2.75) is 83.6 Å². The predicted octanol–water partition coefficient (Wildman–Crippen LogP) is 3.81. The van der Waals surface area contributed by atoms with E-state index in [9.17, 15) is 4.79 Å². The highest BCUT2D eigenvalue weighted by Gasteiger charge is 2.11. The van der Waals surface area contributed by atoms with E-state index in [4.69, 9.17) is 4.74 Å². The summed E-state index contributed by atoms with van der Waals surface area (Å²) >= 11 is 0. The highest BCUT2D eigenvalue weighted by Crippen LogP contribution is 2.17. The molecule has 0 saturated heterocycles. The summed E-state index contributed by atoms with van der Waals surface area (Å²) in [6.07, 6.45) is 13.5. The Kier molecular flexibility index (Phi) is 9.78. The minimum Gasteiger partial charge on any atom is -0.466 e. The molecule has 0 aromatic heterocycles. The van der Waals surface area contributed by atoms with Gasteiger partial charge in [-0.2, -0.15) is 0 Å². The molecule has 0 heterocycles. The van der Waals surface area contributed by atoms with Crippen LogP contribution in [0.15, 0.2) is 0 Å². The van der Waals surface area contributed by atoms with Crippen LogP contribution in [0.3, 0.4) is 0 Å². The number of carbonyl (C=O) groups is 1. The molecular formula is C16H31NO2. The van der Waals surface area contributed by atoms with Crippen molar-refractivity contribution in [1.82, 2.24) is 5.32 Å². The van der Waals surface area contributed by atoms with Gasteiger partial charge in [-0.15, -0.1) is 0 Å². The van der Waals surface area contributed by atoms with E-state index >= 15 is 0 Å². The zero-order valence-electron chi connectivity index (χ0n) is 12.6. The quantitative estimate of drug-likeness (QED) is 0.484. The summed E-state index contributed by atoms with van der Waals surface area (Å²) in [4.78, 5) is 11.1. The second-order valence-electron chi connectivity index (χ2n) is 5.61. The number of unbranched alkanes of at least 4 members (excludes halogenated alkanes) is 4. The minimum absolute atomic E-state index is 0.0403. The van der Waals surface area contributed by atoms with Crippen LogP contribution in [0.25, 0.3) is 0 Å². The van der Waals surface area contributed by atoms with E-state index in [1.54, 1.807) is 0 Å². The number of rotatable bonds is 10. The molecule has 1 N–H and O–H groups in total. The molecule has 0 amide bonds. The number of hydrogen-bond donors (Lipinski definition) is 1. The van der Waals surface area contributed by atoms with Crippen molar-refractivity contribution in [3.63, 3.8) is 0 Å². The fourth-order valence-electron chi connectivity index (χ4n) is 2.77. The molecule has 0 unspecified atom stereocenters. The van der Waals surface area contributed by atoms with Crippen LogP contribution in [0.2, 0.25) is 0 Å². The number of esters is 1. The molecule has 1 aliphatic carbocycles. The molecule has 0 aliphatic heterocycles. The van der Waals surface area contributed by atoms with Crippen molar-refractivity contribution in [2.75, 3.05) is 13.2 Å². The van der Waals surface area contributed by atoms with Crippen LogP contribution < -0.4 is 5.32 Å². The second-order valence-corrected chi connectivity index (χ2v) is 5.61. The van der Waals surface area contributed by atoms with E-state index < -0.39 is 0 Å². The average molecular weight is 269 g/mol. The van der Waals surface area contributed by atoms with Crippen molar-refractivity contribution in [2.24, 2.45) is 0 Å². The lowest BCUT2D eigenvalue weighted by Crippen LogP contribution is -2.31. The zero-order valence-corrected chi connectivity index (χ0v) is 12.6. The van der Waals surface area contributed by atoms with Gasteiger partial charge in [0.05, 0.1) is 6.61 Å². The van der Waals surface area contributed by atoms with E-state index in [1.807, 2.05) is 6.92 Å². The molecule has 0 radical (unpaired) electrons. The highest BCUT2D eigenvalue weighted by atomic mass is 16.5. The number of carbonyl (C=O) groups excluding carboxylic acids is 1. The smallest absolute Gasteiger partial charge is 0.305 e. The summed E-state index contributed by atoms with van der Waals surface area (Å²) in [5.41, 5.74) is 0. The Morgan fingerprint density at radius 1 is 1.05 bits per heavy atom. The van der Waals surface area contributed by atoms with Gasteiger partial charge in [-0.05, 0) is 39.2 Å². The van der Waals surface area contributed by atoms with Crippen molar-refractivity contribution in [3.05, 3.63) is 0 Å². The van der Waals surface area contributed by atoms with Gasteiger partial charge in [0.2, 0.25) is 0 Å². The Morgan fingerprint density at radius 3 is 2.47 bits per heavy atom. The van der Waals surface area contributed by atoms with E-state index in [1.165, 1.54) is 57.9 Å². The molecule has 0 bridgehead atoms. The topological polar surface area (TPSA) is 38.3 Å². The number of ether oxygens (including phenoxy) is 1. The lowest BCUT2D eigenvalue weighted by molar-refractivity contribution is -0.143. The standard InChI is InChI=1S/C16H31NO2/c1-2-19-16(18)13-9-4-3-5-10-14-17-15-11-7-6-8-12-15/h15,17H,2-14H2,1H3. The van der Waals surface area contributed by atoms with Crippen molar-refractivity contribution in [1.29, 1.82) is 0 Å². The van der Waals surface area contributed by atoms with Gasteiger partial charge in [0, 0.05) is 12.5 Å². The van der Waals surface area contributed by atoms with E-state index in [-0.39, 0.29) is 5.97 Å². The molecule has 1 aliphatic rings. The van der Waals surface area contributed by atoms with Crippen LogP contribution in [0.5, 0.6) is 0 Å². The SMILES string of the molecule is CCOC(=O)CCCCCCCNC1CCCCC1. The number of hydrogen-bond acceptors (Lipinski definition) is 3. The zero-order chi connectivity index (χ0) is 13.8. The fraction of sp³-hybridized carbons (Fsp3) is 0.938. The Hall–Kier alpha value is -0.570. The van der Waals surface area contributed by atoms with Crippen LogP contribution in [0.1, 0.15) is 77.6 Å². The van der Waals surface area contributed by atoms with Gasteiger partial charge >= 0.3 is 5.97 Å². The minimum atomic E-state index is -0.0403. The van der Waals surface area contributed by atoms with Gasteiger partial charge in [-0.1, -0.05) is 38.5 Å². The van der Waals surface area contributed by atoms with Crippen LogP contribution in [0, 0.1) is 0 Å². The van der Waals surface area contributed by atoms with Gasteiger partial charge in [-0.25, -0.2) is 0 Å². The van der Waals surface area contributed by atoms with Crippen LogP contribution in [-0.4, -0.2) is 25.2 Å². The van der Waals surface area contributed by atoms with Gasteiger partial charge in [0.15, 0.2) is 0 Å². The molecule has 0 aromatic rings. The molecule has 1 fully saturated rings. The molecule has 3 heteroatoms. The van der Waals surface area contributed by atoms with Crippen LogP contribution in [-0.2, 0) is 9.53 Å². The summed E-state index contributed by atoms with van der Waals surface area (Å²) in [7, 11) is 0. The molecule has 19 heavy (non-hydrogen) atoms. The molecule has 1 saturated carbocycles. The highest BCUT2D eigenvalue weighted by molar-refractivity contribution is 5.69. The summed E-state index contributed by atoms with van der Waals surface area (Å²) in [5, 5.41) is 3.67. The van der Waals surface area contributed by atoms with Crippen molar-refractivity contribution >= 4 is 5.97 Å². The molecule has 112 valence electrons. The molecule has 0 atom stereocenters. The lowest BCUT2D eigenvalue weighted by Gasteiger charge is -2.22. The molecular weight excluding hydrogens is 238 g/mol. The van der Waals surface area contributed by atoms with Gasteiger partial charge in [0.1, 0.15) is 0 Å². The van der Waals surface area contributed by atoms with Crippen LogP contribution >= 0.6 is 0 Å². The van der Waals surface area contributed by atoms with Gasteiger partial charge < -0.3 is 10.1 Å². The van der Waals surface area contributed by atoms with E-state index in [0.29, 0.717) is 13.0 Å². The fourth-order valence-corrected chi connectivity index (χ4v) is 2.77. The number of nitrogens with one attached hydrogen (secondary N) is 1. The van der Waals surface area contributed by atoms with Gasteiger partial charge in [-0.3, -0.25) is 4.79 Å². The third-order valence-electron chi connectivity index (χ3n) is 3.90. The summed E-state index contributed by atoms with van der Waals surface area (Å²) in [5.74, 6) is -0.0403. The van der Waals surface area contributed by atoms with Crippen molar-refractivity contribution in [3.8, 4) is 0 Å². The Bertz CT molecular complexity index is 225. The predicted molar refractivity (Wildman–Crippen MR) is 79.2 cm³/mol. The normalized spacial score (nSPS) is 16.5. The Labute approximate surface area is 118 Å². The molecule has 0 spiro atoms. The largest absolute Gasteiger partial charge is 0.466 e. The first-order chi connectivity index (χ1) is 9.33. The summed E-state index contributed by atoms with van der Waals surface area (Å²) in [6.45, 7) is 3.53. The molecule has 0 aromatic carbocycles. The van der Waals surface area contributed by atoms with Crippen molar-refractivity contribution < 1.29 is 9.53 Å². The second kappa shape index (κ2) is 11.3. The van der Waals surface area contributed by atoms with E-state index in [2.05, 4.69) is 5.32 Å². The maximum absolute atomic E-state index is 11.1. The lowest BCUT2D eigenvalue weighted by atomic mass is 9.95. The van der Waals surface area contributed by atoms with Gasteiger partial charge in [0.25, 0.3) is 0 Å². The first-order valence-electron chi connectivity index (χ1n) is 8.22. The third-order valence-corrected chi connectivity index (χ3v) is 3.90. The summed E-state index contributed by atoms with van der Waals surface area (Å²) in [6, 6.07) is 0.789.